The maximum atomic E-state index is 12.3. The van der Waals surface area contributed by atoms with Crippen molar-refractivity contribution in [1.29, 1.82) is 0 Å². The molecule has 134 valence electrons. The molecule has 0 saturated heterocycles. The number of nitrogens with one attached hydrogen (secondary N) is 1. The van der Waals surface area contributed by atoms with Crippen LogP contribution in [-0.2, 0) is 11.3 Å². The minimum absolute atomic E-state index is 0.0436. The molecule has 1 aliphatic rings. The van der Waals surface area contributed by atoms with Crippen LogP contribution in [0.15, 0.2) is 24.3 Å². The predicted octanol–water partition coefficient (Wildman–Crippen LogP) is 2.29. The molecule has 1 fully saturated rings. The van der Waals surface area contributed by atoms with Crippen molar-refractivity contribution < 1.29 is 9.53 Å². The number of carbonyl (C=O) groups excluding carboxylic acids is 1. The first-order valence-electron chi connectivity index (χ1n) is 9.09. The summed E-state index contributed by atoms with van der Waals surface area (Å²) in [5, 5.41) is 2.99. The molecule has 1 aliphatic carbocycles. The summed E-state index contributed by atoms with van der Waals surface area (Å²) in [6.45, 7) is 8.36. The molecule has 0 aromatic heterocycles. The Hall–Kier alpha value is -1.59. The van der Waals surface area contributed by atoms with E-state index in [0.29, 0.717) is 13.2 Å². The number of likely N-dealkylation sites (N-methyl/N-ethyl adjacent to an activating group) is 1. The van der Waals surface area contributed by atoms with Gasteiger partial charge in [-0.15, -0.1) is 0 Å². The molecule has 0 aliphatic heterocycles. The zero-order valence-electron chi connectivity index (χ0n) is 15.0. The van der Waals surface area contributed by atoms with Crippen LogP contribution in [-0.4, -0.2) is 42.6 Å². The number of carbonyl (C=O) groups is 1. The van der Waals surface area contributed by atoms with E-state index in [9.17, 15) is 4.79 Å². The molecule has 24 heavy (non-hydrogen) atoms. The Morgan fingerprint density at radius 2 is 1.92 bits per heavy atom. The lowest BCUT2D eigenvalue weighted by molar-refractivity contribution is -0.126. The number of benzene rings is 1. The maximum absolute atomic E-state index is 12.3. The second kappa shape index (κ2) is 9.04. The number of nitrogens with zero attached hydrogens (tertiary/aromatic N) is 1. The highest BCUT2D eigenvalue weighted by Crippen LogP contribution is 2.27. The SMILES string of the molecule is CCN(CC)CCOc1ccccc1CNC(=O)C1(N)CCCC1. The molecule has 1 saturated carbocycles. The topological polar surface area (TPSA) is 67.6 Å². The molecule has 0 heterocycles. The minimum Gasteiger partial charge on any atom is -0.492 e. The van der Waals surface area contributed by atoms with Gasteiger partial charge in [-0.05, 0) is 32.0 Å². The van der Waals surface area contributed by atoms with Gasteiger partial charge >= 0.3 is 0 Å². The largest absolute Gasteiger partial charge is 0.492 e. The zero-order valence-corrected chi connectivity index (χ0v) is 15.0. The van der Waals surface area contributed by atoms with Gasteiger partial charge in [-0.2, -0.15) is 0 Å². The second-order valence-electron chi connectivity index (χ2n) is 6.53. The third-order valence-corrected chi connectivity index (χ3v) is 4.92. The van der Waals surface area contributed by atoms with Gasteiger partial charge in [-0.25, -0.2) is 0 Å². The molecule has 1 amide bonds. The van der Waals surface area contributed by atoms with Crippen molar-refractivity contribution >= 4 is 5.91 Å². The first-order chi connectivity index (χ1) is 11.6. The van der Waals surface area contributed by atoms with Crippen LogP contribution in [0, 0.1) is 0 Å². The van der Waals surface area contributed by atoms with Crippen LogP contribution in [0.2, 0.25) is 0 Å². The Bertz CT molecular complexity index is 523. The first kappa shape index (κ1) is 18.7. The Morgan fingerprint density at radius 3 is 2.58 bits per heavy atom. The zero-order chi connectivity index (χ0) is 17.4. The second-order valence-corrected chi connectivity index (χ2v) is 6.53. The number of hydrogen-bond donors (Lipinski definition) is 2. The summed E-state index contributed by atoms with van der Waals surface area (Å²) in [6, 6.07) is 7.87. The Labute approximate surface area is 145 Å². The Balaban J connectivity index is 1.87. The van der Waals surface area contributed by atoms with Crippen LogP contribution in [0.1, 0.15) is 45.1 Å². The molecular formula is C19H31N3O2. The van der Waals surface area contributed by atoms with E-state index in [4.69, 9.17) is 10.5 Å². The van der Waals surface area contributed by atoms with Gasteiger partial charge in [0, 0.05) is 18.7 Å². The molecule has 5 heteroatoms. The molecule has 5 nitrogen and oxygen atoms in total. The van der Waals surface area contributed by atoms with E-state index in [1.165, 1.54) is 0 Å². The average molecular weight is 333 g/mol. The Morgan fingerprint density at radius 1 is 1.25 bits per heavy atom. The predicted molar refractivity (Wildman–Crippen MR) is 97.0 cm³/mol. The highest BCUT2D eigenvalue weighted by atomic mass is 16.5. The van der Waals surface area contributed by atoms with Crippen LogP contribution >= 0.6 is 0 Å². The lowest BCUT2D eigenvalue weighted by Crippen LogP contribution is -2.51. The van der Waals surface area contributed by atoms with Gasteiger partial charge in [-0.1, -0.05) is 44.9 Å². The van der Waals surface area contributed by atoms with Gasteiger partial charge in [0.15, 0.2) is 0 Å². The molecule has 0 spiro atoms. The molecule has 0 atom stereocenters. The van der Waals surface area contributed by atoms with Crippen molar-refractivity contribution in [2.75, 3.05) is 26.2 Å². The number of nitrogens with two attached hydrogens (primary N) is 1. The van der Waals surface area contributed by atoms with Gasteiger partial charge in [0.05, 0.1) is 5.54 Å². The highest BCUT2D eigenvalue weighted by Gasteiger charge is 2.36. The summed E-state index contributed by atoms with van der Waals surface area (Å²) < 4.78 is 5.93. The molecule has 1 aromatic rings. The van der Waals surface area contributed by atoms with Crippen LogP contribution in [0.25, 0.3) is 0 Å². The summed E-state index contributed by atoms with van der Waals surface area (Å²) >= 11 is 0. The fraction of sp³-hybridized carbons (Fsp3) is 0.632. The average Bonchev–Trinajstić information content (AvgIpc) is 3.05. The van der Waals surface area contributed by atoms with E-state index >= 15 is 0 Å². The quantitative estimate of drug-likeness (QED) is 0.728. The molecule has 3 N–H and O–H groups in total. The fourth-order valence-corrected chi connectivity index (χ4v) is 3.20. The standard InChI is InChI=1S/C19H31N3O2/c1-3-22(4-2)13-14-24-17-10-6-5-9-16(17)15-21-18(23)19(20)11-7-8-12-19/h5-6,9-10H,3-4,7-8,11-15,20H2,1-2H3,(H,21,23). The van der Waals surface area contributed by atoms with Crippen LogP contribution in [0.5, 0.6) is 5.75 Å². The first-order valence-corrected chi connectivity index (χ1v) is 9.09. The molecule has 0 radical (unpaired) electrons. The highest BCUT2D eigenvalue weighted by molar-refractivity contribution is 5.86. The molecular weight excluding hydrogens is 302 g/mol. The Kier molecular flexibility index (Phi) is 7.06. The van der Waals surface area contributed by atoms with Crippen molar-refractivity contribution in [3.63, 3.8) is 0 Å². The van der Waals surface area contributed by atoms with Gasteiger partial charge in [0.2, 0.25) is 5.91 Å². The smallest absolute Gasteiger partial charge is 0.240 e. The monoisotopic (exact) mass is 333 g/mol. The maximum Gasteiger partial charge on any atom is 0.240 e. The summed E-state index contributed by atoms with van der Waals surface area (Å²) in [5.41, 5.74) is 6.51. The number of ether oxygens (including phenoxy) is 1. The van der Waals surface area contributed by atoms with Crippen molar-refractivity contribution in [3.8, 4) is 5.75 Å². The van der Waals surface area contributed by atoms with Gasteiger partial charge in [0.1, 0.15) is 12.4 Å². The number of amides is 1. The number of para-hydroxylation sites is 1. The summed E-state index contributed by atoms with van der Waals surface area (Å²) in [6.07, 6.45) is 3.63. The number of rotatable bonds is 9. The van der Waals surface area contributed by atoms with E-state index in [0.717, 1.165) is 56.6 Å². The molecule has 0 unspecified atom stereocenters. The lowest BCUT2D eigenvalue weighted by atomic mass is 9.98. The van der Waals surface area contributed by atoms with E-state index in [1.807, 2.05) is 24.3 Å². The fourth-order valence-electron chi connectivity index (χ4n) is 3.20. The van der Waals surface area contributed by atoms with Gasteiger partial charge in [0.25, 0.3) is 0 Å². The molecule has 0 bridgehead atoms. The summed E-state index contributed by atoms with van der Waals surface area (Å²) in [4.78, 5) is 14.7. The van der Waals surface area contributed by atoms with Crippen molar-refractivity contribution in [2.45, 2.75) is 51.6 Å². The van der Waals surface area contributed by atoms with Crippen LogP contribution in [0.4, 0.5) is 0 Å². The van der Waals surface area contributed by atoms with Crippen LogP contribution in [0.3, 0.4) is 0 Å². The normalized spacial score (nSPS) is 16.3. The van der Waals surface area contributed by atoms with E-state index in [1.54, 1.807) is 0 Å². The summed E-state index contributed by atoms with van der Waals surface area (Å²) in [5.74, 6) is 0.792. The molecule has 1 aromatic carbocycles. The van der Waals surface area contributed by atoms with Gasteiger partial charge in [-0.3, -0.25) is 4.79 Å². The lowest BCUT2D eigenvalue weighted by Gasteiger charge is -2.23. The molecule has 2 rings (SSSR count). The van der Waals surface area contributed by atoms with Gasteiger partial charge < -0.3 is 20.7 Å². The number of hydrogen-bond acceptors (Lipinski definition) is 4. The summed E-state index contributed by atoms with van der Waals surface area (Å²) in [7, 11) is 0. The van der Waals surface area contributed by atoms with Crippen LogP contribution < -0.4 is 15.8 Å². The third-order valence-electron chi connectivity index (χ3n) is 4.92. The third kappa shape index (κ3) is 4.95. The van der Waals surface area contributed by atoms with Crippen molar-refractivity contribution in [1.82, 2.24) is 10.2 Å². The van der Waals surface area contributed by atoms with Crippen molar-refractivity contribution in [2.24, 2.45) is 5.73 Å². The van der Waals surface area contributed by atoms with E-state index in [2.05, 4.69) is 24.1 Å². The van der Waals surface area contributed by atoms with E-state index < -0.39 is 5.54 Å². The minimum atomic E-state index is -0.682. The van der Waals surface area contributed by atoms with Crippen molar-refractivity contribution in [3.05, 3.63) is 29.8 Å². The van der Waals surface area contributed by atoms with E-state index in [-0.39, 0.29) is 5.91 Å².